The smallest absolute Gasteiger partial charge is 0.307 e. The van der Waals surface area contributed by atoms with Crippen LogP contribution in [0.1, 0.15) is 40.5 Å². The average molecular weight is 428 g/mol. The molecule has 158 valence electrons. The molecular weight excluding hydrogens is 402 g/mol. The number of aryl methyl sites for hydroxylation is 4. The Morgan fingerprint density at radius 2 is 1.90 bits per heavy atom. The van der Waals surface area contributed by atoms with E-state index in [9.17, 15) is 14.4 Å². The van der Waals surface area contributed by atoms with Gasteiger partial charge in [-0.25, -0.2) is 4.98 Å². The molecule has 8 heteroatoms. The molecule has 0 aliphatic rings. The Hall–Kier alpha value is -3.00. The highest BCUT2D eigenvalue weighted by Gasteiger charge is 2.19. The van der Waals surface area contributed by atoms with E-state index < -0.39 is 12.0 Å². The van der Waals surface area contributed by atoms with Crippen LogP contribution in [-0.2, 0) is 20.9 Å². The quantitative estimate of drug-likeness (QED) is 0.585. The molecule has 2 aromatic heterocycles. The molecule has 0 unspecified atom stereocenters. The first-order chi connectivity index (χ1) is 14.3. The van der Waals surface area contributed by atoms with Crippen molar-refractivity contribution in [2.75, 3.05) is 7.11 Å². The van der Waals surface area contributed by atoms with Gasteiger partial charge in [-0.3, -0.25) is 19.0 Å². The van der Waals surface area contributed by atoms with E-state index in [4.69, 9.17) is 4.74 Å². The fraction of sp³-hybridized carbons (Fsp3) is 0.364. The van der Waals surface area contributed by atoms with Gasteiger partial charge >= 0.3 is 5.97 Å². The first-order valence-corrected chi connectivity index (χ1v) is 10.5. The Kier molecular flexibility index (Phi) is 6.66. The van der Waals surface area contributed by atoms with Crippen LogP contribution in [0, 0.1) is 20.8 Å². The van der Waals surface area contributed by atoms with Crippen LogP contribution in [0.15, 0.2) is 35.4 Å². The molecule has 7 nitrogen and oxygen atoms in total. The maximum atomic E-state index is 12.8. The van der Waals surface area contributed by atoms with Crippen molar-refractivity contribution in [2.24, 2.45) is 0 Å². The molecule has 1 aromatic carbocycles. The number of hydrogen-bond acceptors (Lipinski definition) is 6. The summed E-state index contributed by atoms with van der Waals surface area (Å²) in [7, 11) is 1.32. The van der Waals surface area contributed by atoms with Gasteiger partial charge < -0.3 is 10.1 Å². The molecule has 0 aliphatic carbocycles. The van der Waals surface area contributed by atoms with Crippen molar-refractivity contribution >= 4 is 33.4 Å². The fourth-order valence-electron chi connectivity index (χ4n) is 3.22. The molecule has 1 N–H and O–H groups in total. The number of thiophene rings is 1. The Morgan fingerprint density at radius 3 is 2.57 bits per heavy atom. The summed E-state index contributed by atoms with van der Waals surface area (Å²) in [5.74, 6) is -0.662. The van der Waals surface area contributed by atoms with Gasteiger partial charge in [0.15, 0.2) is 0 Å². The fourth-order valence-corrected chi connectivity index (χ4v) is 4.21. The lowest BCUT2D eigenvalue weighted by Gasteiger charge is -2.18. The third-order valence-electron chi connectivity index (χ3n) is 5.15. The number of nitrogens with one attached hydrogen (secondary N) is 1. The van der Waals surface area contributed by atoms with Gasteiger partial charge in [0.1, 0.15) is 4.83 Å². The number of hydrogen-bond donors (Lipinski definition) is 1. The predicted octanol–water partition coefficient (Wildman–Crippen LogP) is 3.19. The topological polar surface area (TPSA) is 90.3 Å². The molecular formula is C22H25N3O4S. The molecule has 1 amide bonds. The number of ether oxygens (including phenoxy) is 1. The minimum Gasteiger partial charge on any atom is -0.469 e. The summed E-state index contributed by atoms with van der Waals surface area (Å²) in [6, 6.07) is 7.12. The first kappa shape index (κ1) is 21.7. The summed E-state index contributed by atoms with van der Waals surface area (Å²) in [6.45, 7) is 6.05. The minimum absolute atomic E-state index is 0.0339. The van der Waals surface area contributed by atoms with Crippen LogP contribution in [0.2, 0.25) is 0 Å². The van der Waals surface area contributed by atoms with Crippen molar-refractivity contribution in [3.05, 3.63) is 62.5 Å². The predicted molar refractivity (Wildman–Crippen MR) is 117 cm³/mol. The van der Waals surface area contributed by atoms with Crippen molar-refractivity contribution in [1.29, 1.82) is 0 Å². The van der Waals surface area contributed by atoms with Crippen LogP contribution in [0.5, 0.6) is 0 Å². The standard InChI is InChI=1S/C22H25N3O4S/c1-13-5-7-16(8-6-13)17(11-19(27)29-4)24-18(26)9-10-25-12-23-21-20(22(25)28)14(2)15(3)30-21/h5-8,12,17H,9-11H2,1-4H3,(H,24,26)/t17-/m0/s1. The Morgan fingerprint density at radius 1 is 1.20 bits per heavy atom. The number of nitrogens with zero attached hydrogens (tertiary/aromatic N) is 2. The molecule has 3 rings (SSSR count). The molecule has 0 bridgehead atoms. The van der Waals surface area contributed by atoms with Crippen molar-refractivity contribution in [2.45, 2.75) is 46.2 Å². The average Bonchev–Trinajstić information content (AvgIpc) is 3.02. The number of esters is 1. The molecule has 0 aliphatic heterocycles. The first-order valence-electron chi connectivity index (χ1n) is 9.68. The van der Waals surface area contributed by atoms with E-state index in [1.807, 2.05) is 45.0 Å². The van der Waals surface area contributed by atoms with E-state index in [0.29, 0.717) is 10.2 Å². The molecule has 0 radical (unpaired) electrons. The lowest BCUT2D eigenvalue weighted by atomic mass is 10.0. The summed E-state index contributed by atoms with van der Waals surface area (Å²) in [4.78, 5) is 43.3. The summed E-state index contributed by atoms with van der Waals surface area (Å²) in [5.41, 5.74) is 2.70. The minimum atomic E-state index is -0.496. The lowest BCUT2D eigenvalue weighted by molar-refractivity contribution is -0.141. The highest BCUT2D eigenvalue weighted by Crippen LogP contribution is 2.25. The van der Waals surface area contributed by atoms with E-state index in [-0.39, 0.29) is 30.9 Å². The molecule has 3 aromatic rings. The Bertz CT molecular complexity index is 1130. The van der Waals surface area contributed by atoms with Gasteiger partial charge in [-0.15, -0.1) is 11.3 Å². The van der Waals surface area contributed by atoms with Crippen molar-refractivity contribution in [1.82, 2.24) is 14.9 Å². The van der Waals surface area contributed by atoms with Crippen LogP contribution in [-0.4, -0.2) is 28.5 Å². The molecule has 0 fully saturated rings. The third kappa shape index (κ3) is 4.76. The molecule has 0 spiro atoms. The Labute approximate surface area is 178 Å². The molecule has 1 atom stereocenters. The zero-order chi connectivity index (χ0) is 21.8. The number of carbonyl (C=O) groups is 2. The van der Waals surface area contributed by atoms with Crippen LogP contribution in [0.3, 0.4) is 0 Å². The van der Waals surface area contributed by atoms with Gasteiger partial charge in [-0.2, -0.15) is 0 Å². The van der Waals surface area contributed by atoms with Crippen molar-refractivity contribution < 1.29 is 14.3 Å². The summed E-state index contributed by atoms with van der Waals surface area (Å²) < 4.78 is 6.22. The summed E-state index contributed by atoms with van der Waals surface area (Å²) in [6.07, 6.45) is 1.62. The zero-order valence-corrected chi connectivity index (χ0v) is 18.3. The van der Waals surface area contributed by atoms with Crippen LogP contribution in [0.25, 0.3) is 10.2 Å². The SMILES string of the molecule is COC(=O)C[C@H](NC(=O)CCn1cnc2sc(C)c(C)c2c1=O)c1ccc(C)cc1. The second-order valence-corrected chi connectivity index (χ2v) is 8.47. The van der Waals surface area contributed by atoms with Crippen LogP contribution >= 0.6 is 11.3 Å². The summed E-state index contributed by atoms with van der Waals surface area (Å²) in [5, 5.41) is 3.50. The number of methoxy groups -OCH3 is 1. The van der Waals surface area contributed by atoms with E-state index in [2.05, 4.69) is 10.3 Å². The van der Waals surface area contributed by atoms with Crippen molar-refractivity contribution in [3.63, 3.8) is 0 Å². The highest BCUT2D eigenvalue weighted by molar-refractivity contribution is 7.18. The van der Waals surface area contributed by atoms with Crippen LogP contribution < -0.4 is 10.9 Å². The zero-order valence-electron chi connectivity index (χ0n) is 17.5. The molecule has 30 heavy (non-hydrogen) atoms. The number of rotatable bonds is 7. The normalized spacial score (nSPS) is 12.0. The number of carbonyl (C=O) groups excluding carboxylic acids is 2. The number of amides is 1. The van der Waals surface area contributed by atoms with E-state index in [0.717, 1.165) is 21.6 Å². The van der Waals surface area contributed by atoms with E-state index in [1.165, 1.54) is 29.3 Å². The number of aromatic nitrogens is 2. The van der Waals surface area contributed by atoms with Gasteiger partial charge in [0.25, 0.3) is 5.56 Å². The van der Waals surface area contributed by atoms with Gasteiger partial charge in [0, 0.05) is 17.8 Å². The van der Waals surface area contributed by atoms with E-state index >= 15 is 0 Å². The van der Waals surface area contributed by atoms with Gasteiger partial charge in [-0.05, 0) is 31.9 Å². The third-order valence-corrected chi connectivity index (χ3v) is 6.26. The molecule has 0 saturated heterocycles. The highest BCUT2D eigenvalue weighted by atomic mass is 32.1. The number of benzene rings is 1. The van der Waals surface area contributed by atoms with Crippen molar-refractivity contribution in [3.8, 4) is 0 Å². The van der Waals surface area contributed by atoms with Gasteiger partial charge in [-0.1, -0.05) is 29.8 Å². The Balaban J connectivity index is 1.72. The lowest BCUT2D eigenvalue weighted by Crippen LogP contribution is -2.32. The van der Waals surface area contributed by atoms with Gasteiger partial charge in [0.05, 0.1) is 31.3 Å². The molecule has 2 heterocycles. The number of fused-ring (bicyclic) bond motifs is 1. The second kappa shape index (κ2) is 9.21. The van der Waals surface area contributed by atoms with Gasteiger partial charge in [0.2, 0.25) is 5.91 Å². The maximum absolute atomic E-state index is 12.8. The molecule has 0 saturated carbocycles. The second-order valence-electron chi connectivity index (χ2n) is 7.27. The van der Waals surface area contributed by atoms with E-state index in [1.54, 1.807) is 0 Å². The monoisotopic (exact) mass is 427 g/mol. The summed E-state index contributed by atoms with van der Waals surface area (Å²) >= 11 is 1.49. The maximum Gasteiger partial charge on any atom is 0.307 e. The largest absolute Gasteiger partial charge is 0.469 e. The van der Waals surface area contributed by atoms with Crippen LogP contribution in [0.4, 0.5) is 0 Å².